The number of nitrogens with zero attached hydrogens (tertiary/aromatic N) is 2. The largest absolute Gasteiger partial charge is 0.497 e. The van der Waals surface area contributed by atoms with Crippen LogP contribution in [-0.2, 0) is 6.54 Å². The molecular weight excluding hydrogens is 346 g/mol. The third kappa shape index (κ3) is 5.01. The monoisotopic (exact) mass is 367 g/mol. The van der Waals surface area contributed by atoms with Crippen molar-refractivity contribution in [3.63, 3.8) is 0 Å². The highest BCUT2D eigenvalue weighted by Gasteiger charge is 2.11. The number of aromatic nitrogens is 2. The summed E-state index contributed by atoms with van der Waals surface area (Å²) in [6.07, 6.45) is 3.60. The van der Waals surface area contributed by atoms with Crippen molar-refractivity contribution in [2.45, 2.75) is 6.54 Å². The van der Waals surface area contributed by atoms with Crippen LogP contribution in [0.25, 0.3) is 0 Å². The van der Waals surface area contributed by atoms with E-state index in [0.717, 1.165) is 0 Å². The van der Waals surface area contributed by atoms with Gasteiger partial charge in [0, 0.05) is 35.8 Å². The molecule has 0 bridgehead atoms. The number of anilines is 1. The first-order valence-electron chi connectivity index (χ1n) is 8.42. The number of methoxy groups -OCH3 is 2. The predicted molar refractivity (Wildman–Crippen MR) is 102 cm³/mol. The summed E-state index contributed by atoms with van der Waals surface area (Å²) in [5, 5.41) is 6.98. The van der Waals surface area contributed by atoms with Crippen LogP contribution < -0.4 is 19.5 Å². The zero-order valence-electron chi connectivity index (χ0n) is 15.2. The van der Waals surface area contributed by atoms with Gasteiger partial charge in [-0.3, -0.25) is 9.48 Å². The van der Waals surface area contributed by atoms with Gasteiger partial charge in [0.1, 0.15) is 23.9 Å². The standard InChI is InChI=1S/C20H21N3O4/c1-25-18-11-15(12-19(14-18)26-2)20(24)22-16-5-3-6-17(13-16)27-10-9-23-8-4-7-21-23/h3-8,11-14H,9-10H2,1-2H3,(H,22,24). The Morgan fingerprint density at radius 3 is 2.48 bits per heavy atom. The molecule has 1 amide bonds. The van der Waals surface area contributed by atoms with E-state index in [9.17, 15) is 4.79 Å². The second kappa shape index (κ2) is 8.75. The first-order chi connectivity index (χ1) is 13.2. The van der Waals surface area contributed by atoms with Crippen molar-refractivity contribution in [1.29, 1.82) is 0 Å². The molecule has 1 N–H and O–H groups in total. The number of nitrogens with one attached hydrogen (secondary N) is 1. The van der Waals surface area contributed by atoms with Crippen molar-refractivity contribution in [2.75, 3.05) is 26.1 Å². The van der Waals surface area contributed by atoms with Gasteiger partial charge in [0.15, 0.2) is 0 Å². The Bertz CT molecular complexity index is 872. The topological polar surface area (TPSA) is 74.6 Å². The zero-order chi connectivity index (χ0) is 19.1. The lowest BCUT2D eigenvalue weighted by molar-refractivity contribution is 0.102. The molecule has 0 aliphatic heterocycles. The van der Waals surface area contributed by atoms with Crippen molar-refractivity contribution in [3.8, 4) is 17.2 Å². The highest BCUT2D eigenvalue weighted by molar-refractivity contribution is 6.04. The third-order valence-corrected chi connectivity index (χ3v) is 3.85. The molecule has 3 rings (SSSR count). The van der Waals surface area contributed by atoms with Gasteiger partial charge in [-0.05, 0) is 30.3 Å². The molecule has 7 heteroatoms. The van der Waals surface area contributed by atoms with Gasteiger partial charge in [-0.1, -0.05) is 6.07 Å². The highest BCUT2D eigenvalue weighted by atomic mass is 16.5. The van der Waals surface area contributed by atoms with E-state index in [1.807, 2.05) is 24.4 Å². The first kappa shape index (κ1) is 18.3. The molecule has 0 saturated heterocycles. The Labute approximate surface area is 157 Å². The predicted octanol–water partition coefficient (Wildman–Crippen LogP) is 3.23. The van der Waals surface area contributed by atoms with Crippen molar-refractivity contribution in [3.05, 3.63) is 66.5 Å². The number of amides is 1. The van der Waals surface area contributed by atoms with Gasteiger partial charge in [-0.2, -0.15) is 5.10 Å². The number of benzene rings is 2. The normalized spacial score (nSPS) is 10.3. The maximum absolute atomic E-state index is 12.6. The average molecular weight is 367 g/mol. The summed E-state index contributed by atoms with van der Waals surface area (Å²) in [7, 11) is 3.08. The molecule has 1 heterocycles. The number of hydrogen-bond acceptors (Lipinski definition) is 5. The van der Waals surface area contributed by atoms with Crippen LogP contribution in [0.2, 0.25) is 0 Å². The van der Waals surface area contributed by atoms with E-state index in [-0.39, 0.29) is 5.91 Å². The molecule has 7 nitrogen and oxygen atoms in total. The molecule has 0 spiro atoms. The summed E-state index contributed by atoms with van der Waals surface area (Å²) in [4.78, 5) is 12.6. The van der Waals surface area contributed by atoms with E-state index in [1.165, 1.54) is 0 Å². The Balaban J connectivity index is 1.64. The van der Waals surface area contributed by atoms with E-state index in [0.29, 0.717) is 41.7 Å². The lowest BCUT2D eigenvalue weighted by Crippen LogP contribution is -2.12. The van der Waals surface area contributed by atoms with Gasteiger partial charge in [0.05, 0.1) is 20.8 Å². The van der Waals surface area contributed by atoms with Crippen molar-refractivity contribution < 1.29 is 19.0 Å². The zero-order valence-corrected chi connectivity index (χ0v) is 15.2. The molecule has 2 aromatic carbocycles. The maximum atomic E-state index is 12.6. The molecule has 140 valence electrons. The summed E-state index contributed by atoms with van der Waals surface area (Å²) in [6.45, 7) is 1.12. The van der Waals surface area contributed by atoms with Crippen LogP contribution in [0.15, 0.2) is 60.9 Å². The fourth-order valence-electron chi connectivity index (χ4n) is 2.50. The van der Waals surface area contributed by atoms with Gasteiger partial charge >= 0.3 is 0 Å². The van der Waals surface area contributed by atoms with Crippen LogP contribution in [0.1, 0.15) is 10.4 Å². The third-order valence-electron chi connectivity index (χ3n) is 3.85. The van der Waals surface area contributed by atoms with Gasteiger partial charge in [0.25, 0.3) is 5.91 Å². The molecule has 0 aliphatic carbocycles. The fourth-order valence-corrected chi connectivity index (χ4v) is 2.50. The van der Waals surface area contributed by atoms with Crippen LogP contribution in [0, 0.1) is 0 Å². The van der Waals surface area contributed by atoms with Crippen LogP contribution >= 0.6 is 0 Å². The number of carbonyl (C=O) groups excluding carboxylic acids is 1. The van der Waals surface area contributed by atoms with E-state index >= 15 is 0 Å². The molecular formula is C20H21N3O4. The quantitative estimate of drug-likeness (QED) is 0.662. The number of carbonyl (C=O) groups is 1. The SMILES string of the molecule is COc1cc(OC)cc(C(=O)Nc2cccc(OCCn3cccn3)c2)c1. The Morgan fingerprint density at radius 1 is 1.04 bits per heavy atom. The molecule has 0 atom stereocenters. The van der Waals surface area contributed by atoms with E-state index in [4.69, 9.17) is 14.2 Å². The first-order valence-corrected chi connectivity index (χ1v) is 8.42. The summed E-state index contributed by atoms with van der Waals surface area (Å²) >= 11 is 0. The van der Waals surface area contributed by atoms with E-state index in [2.05, 4.69) is 10.4 Å². The fraction of sp³-hybridized carbons (Fsp3) is 0.200. The minimum Gasteiger partial charge on any atom is -0.497 e. The summed E-state index contributed by atoms with van der Waals surface area (Å²) < 4.78 is 17.9. The Hall–Kier alpha value is -3.48. The van der Waals surface area contributed by atoms with Crippen LogP contribution in [0.3, 0.4) is 0 Å². The van der Waals surface area contributed by atoms with E-state index in [1.54, 1.807) is 55.4 Å². The van der Waals surface area contributed by atoms with Crippen LogP contribution in [0.4, 0.5) is 5.69 Å². The number of hydrogen-bond donors (Lipinski definition) is 1. The van der Waals surface area contributed by atoms with Crippen molar-refractivity contribution in [1.82, 2.24) is 9.78 Å². The minimum atomic E-state index is -0.263. The van der Waals surface area contributed by atoms with Crippen LogP contribution in [0.5, 0.6) is 17.2 Å². The van der Waals surface area contributed by atoms with Crippen molar-refractivity contribution in [2.24, 2.45) is 0 Å². The molecule has 1 aromatic heterocycles. The summed E-state index contributed by atoms with van der Waals surface area (Å²) in [5.41, 5.74) is 1.08. The second-order valence-corrected chi connectivity index (χ2v) is 5.70. The maximum Gasteiger partial charge on any atom is 0.255 e. The molecule has 0 radical (unpaired) electrons. The molecule has 0 unspecified atom stereocenters. The number of ether oxygens (including phenoxy) is 3. The van der Waals surface area contributed by atoms with Gasteiger partial charge in [-0.15, -0.1) is 0 Å². The molecule has 3 aromatic rings. The molecule has 0 fully saturated rings. The lowest BCUT2D eigenvalue weighted by Gasteiger charge is -2.11. The van der Waals surface area contributed by atoms with Crippen LogP contribution in [-0.4, -0.2) is 36.5 Å². The number of rotatable bonds is 8. The highest BCUT2D eigenvalue weighted by Crippen LogP contribution is 2.24. The molecule has 0 saturated carbocycles. The smallest absolute Gasteiger partial charge is 0.255 e. The summed E-state index contributed by atoms with van der Waals surface area (Å²) in [6, 6.07) is 14.1. The van der Waals surface area contributed by atoms with Crippen molar-refractivity contribution >= 4 is 11.6 Å². The molecule has 27 heavy (non-hydrogen) atoms. The van der Waals surface area contributed by atoms with Gasteiger partial charge < -0.3 is 19.5 Å². The molecule has 0 aliphatic rings. The Morgan fingerprint density at radius 2 is 1.81 bits per heavy atom. The van der Waals surface area contributed by atoms with Gasteiger partial charge in [0.2, 0.25) is 0 Å². The Kier molecular flexibility index (Phi) is 5.94. The van der Waals surface area contributed by atoms with E-state index < -0.39 is 0 Å². The minimum absolute atomic E-state index is 0.263. The second-order valence-electron chi connectivity index (χ2n) is 5.70. The summed E-state index contributed by atoms with van der Waals surface area (Å²) in [5.74, 6) is 1.51. The van der Waals surface area contributed by atoms with Gasteiger partial charge in [-0.25, -0.2) is 0 Å². The lowest BCUT2D eigenvalue weighted by atomic mass is 10.1. The average Bonchev–Trinajstić information content (AvgIpc) is 3.21.